The van der Waals surface area contributed by atoms with E-state index in [4.69, 9.17) is 5.26 Å². The van der Waals surface area contributed by atoms with Crippen molar-refractivity contribution in [2.24, 2.45) is 0 Å². The topological polar surface area (TPSA) is 73.2 Å². The monoisotopic (exact) mass is 217 g/mol. The standard InChI is InChI=1S/C8H15N3O2S/c9-5-6-10-14(12,13)11-7-3-1-2-4-8-11/h10H,1-4,6-8H2. The third-order valence-electron chi connectivity index (χ3n) is 2.24. The molecule has 0 aromatic rings. The zero-order chi connectivity index (χ0) is 10.4. The minimum absolute atomic E-state index is 0.154. The lowest BCUT2D eigenvalue weighted by Gasteiger charge is -2.18. The lowest BCUT2D eigenvalue weighted by Crippen LogP contribution is -2.41. The van der Waals surface area contributed by atoms with Crippen molar-refractivity contribution >= 4 is 10.2 Å². The molecule has 1 fully saturated rings. The maximum Gasteiger partial charge on any atom is 0.280 e. The van der Waals surface area contributed by atoms with Gasteiger partial charge in [-0.3, -0.25) is 0 Å². The smallest absolute Gasteiger partial charge is 0.197 e. The van der Waals surface area contributed by atoms with E-state index < -0.39 is 10.2 Å². The van der Waals surface area contributed by atoms with E-state index >= 15 is 0 Å². The molecule has 1 saturated heterocycles. The van der Waals surface area contributed by atoms with E-state index in [0.717, 1.165) is 25.7 Å². The molecule has 0 unspecified atom stereocenters. The molecule has 0 atom stereocenters. The molecular weight excluding hydrogens is 202 g/mol. The molecule has 0 saturated carbocycles. The summed E-state index contributed by atoms with van der Waals surface area (Å²) in [6, 6.07) is 1.76. The molecule has 0 aromatic carbocycles. The third-order valence-corrected chi connectivity index (χ3v) is 3.79. The van der Waals surface area contributed by atoms with Crippen LogP contribution in [0.5, 0.6) is 0 Å². The molecule has 5 nitrogen and oxygen atoms in total. The predicted octanol–water partition coefficient (Wildman–Crippen LogP) is 0.220. The van der Waals surface area contributed by atoms with E-state index in [1.54, 1.807) is 6.07 Å². The summed E-state index contributed by atoms with van der Waals surface area (Å²) in [6.07, 6.45) is 4.00. The first-order valence-electron chi connectivity index (χ1n) is 4.78. The molecule has 0 bridgehead atoms. The van der Waals surface area contributed by atoms with Crippen LogP contribution >= 0.6 is 0 Å². The number of nitrogens with zero attached hydrogens (tertiary/aromatic N) is 2. The quantitative estimate of drug-likeness (QED) is 0.687. The highest BCUT2D eigenvalue weighted by Gasteiger charge is 2.21. The summed E-state index contributed by atoms with van der Waals surface area (Å²) in [5.41, 5.74) is 0. The van der Waals surface area contributed by atoms with Gasteiger partial charge < -0.3 is 0 Å². The van der Waals surface area contributed by atoms with Gasteiger partial charge in [-0.25, -0.2) is 0 Å². The largest absolute Gasteiger partial charge is 0.280 e. The first-order valence-corrected chi connectivity index (χ1v) is 6.22. The van der Waals surface area contributed by atoms with Gasteiger partial charge in [0, 0.05) is 13.1 Å². The first-order chi connectivity index (χ1) is 6.67. The normalized spacial score (nSPS) is 19.9. The van der Waals surface area contributed by atoms with E-state index in [9.17, 15) is 8.42 Å². The Bertz CT molecular complexity index is 299. The van der Waals surface area contributed by atoms with E-state index in [1.807, 2.05) is 0 Å². The van der Waals surface area contributed by atoms with E-state index in [0.29, 0.717) is 13.1 Å². The molecule has 14 heavy (non-hydrogen) atoms. The van der Waals surface area contributed by atoms with Gasteiger partial charge in [0.05, 0.1) is 12.6 Å². The fourth-order valence-corrected chi connectivity index (χ4v) is 2.67. The van der Waals surface area contributed by atoms with Crippen molar-refractivity contribution < 1.29 is 8.42 Å². The highest BCUT2D eigenvalue weighted by Crippen LogP contribution is 2.11. The number of hydrogen-bond donors (Lipinski definition) is 1. The van der Waals surface area contributed by atoms with Crippen molar-refractivity contribution in [1.82, 2.24) is 9.03 Å². The number of nitriles is 1. The molecule has 0 radical (unpaired) electrons. The fourth-order valence-electron chi connectivity index (χ4n) is 1.50. The second-order valence-corrected chi connectivity index (χ2v) is 5.05. The molecule has 1 rings (SSSR count). The van der Waals surface area contributed by atoms with Crippen molar-refractivity contribution in [1.29, 1.82) is 5.26 Å². The van der Waals surface area contributed by atoms with Gasteiger partial charge in [-0.15, -0.1) is 0 Å². The molecule has 0 amide bonds. The zero-order valence-corrected chi connectivity index (χ0v) is 8.89. The molecule has 0 spiro atoms. The average Bonchev–Trinajstić information content (AvgIpc) is 2.43. The first kappa shape index (κ1) is 11.4. The van der Waals surface area contributed by atoms with Crippen molar-refractivity contribution in [2.45, 2.75) is 25.7 Å². The third kappa shape index (κ3) is 3.25. The minimum atomic E-state index is -3.41. The molecule has 6 heteroatoms. The van der Waals surface area contributed by atoms with Crippen LogP contribution in [0.25, 0.3) is 0 Å². The van der Waals surface area contributed by atoms with Gasteiger partial charge >= 0.3 is 0 Å². The van der Waals surface area contributed by atoms with E-state index in [2.05, 4.69) is 4.72 Å². The number of rotatable bonds is 3. The second-order valence-electron chi connectivity index (χ2n) is 3.30. The molecule has 0 aromatic heterocycles. The fraction of sp³-hybridized carbons (Fsp3) is 0.875. The Morgan fingerprint density at radius 2 is 1.79 bits per heavy atom. The van der Waals surface area contributed by atoms with E-state index in [-0.39, 0.29) is 6.54 Å². The summed E-state index contributed by atoms with van der Waals surface area (Å²) in [5, 5.41) is 8.29. The van der Waals surface area contributed by atoms with Crippen LogP contribution in [-0.2, 0) is 10.2 Å². The second kappa shape index (κ2) is 5.29. The average molecular weight is 217 g/mol. The Morgan fingerprint density at radius 1 is 1.21 bits per heavy atom. The highest BCUT2D eigenvalue weighted by molar-refractivity contribution is 7.87. The SMILES string of the molecule is N#CCNS(=O)(=O)N1CCCCCC1. The van der Waals surface area contributed by atoms with Crippen LogP contribution in [-0.4, -0.2) is 32.4 Å². The van der Waals surface area contributed by atoms with E-state index in [1.165, 1.54) is 4.31 Å². The predicted molar refractivity (Wildman–Crippen MR) is 52.6 cm³/mol. The van der Waals surface area contributed by atoms with Gasteiger partial charge in [-0.1, -0.05) is 12.8 Å². The van der Waals surface area contributed by atoms with Gasteiger partial charge in [0.15, 0.2) is 0 Å². The maximum atomic E-state index is 11.6. The maximum absolute atomic E-state index is 11.6. The van der Waals surface area contributed by atoms with Crippen molar-refractivity contribution in [3.63, 3.8) is 0 Å². The lowest BCUT2D eigenvalue weighted by atomic mass is 10.2. The summed E-state index contributed by atoms with van der Waals surface area (Å²) >= 11 is 0. The van der Waals surface area contributed by atoms with Crippen LogP contribution in [0.15, 0.2) is 0 Å². The van der Waals surface area contributed by atoms with Crippen LogP contribution in [0.4, 0.5) is 0 Å². The van der Waals surface area contributed by atoms with Crippen LogP contribution in [0, 0.1) is 11.3 Å². The summed E-state index contributed by atoms with van der Waals surface area (Å²) in [7, 11) is -3.41. The van der Waals surface area contributed by atoms with Gasteiger partial charge in [0.25, 0.3) is 10.2 Å². The van der Waals surface area contributed by atoms with Crippen LogP contribution in [0.2, 0.25) is 0 Å². The Balaban J connectivity index is 2.56. The summed E-state index contributed by atoms with van der Waals surface area (Å²) in [6.45, 7) is 0.986. The Labute approximate surface area is 84.9 Å². The number of hydrogen-bond acceptors (Lipinski definition) is 3. The van der Waals surface area contributed by atoms with Crippen molar-refractivity contribution in [2.75, 3.05) is 19.6 Å². The van der Waals surface area contributed by atoms with Gasteiger partial charge in [0.2, 0.25) is 0 Å². The van der Waals surface area contributed by atoms with Gasteiger partial charge in [-0.2, -0.15) is 22.7 Å². The van der Waals surface area contributed by atoms with Crippen molar-refractivity contribution in [3.05, 3.63) is 0 Å². The molecule has 1 N–H and O–H groups in total. The molecule has 1 aliphatic rings. The highest BCUT2D eigenvalue weighted by atomic mass is 32.2. The van der Waals surface area contributed by atoms with Gasteiger partial charge in [0.1, 0.15) is 0 Å². The van der Waals surface area contributed by atoms with Crippen molar-refractivity contribution in [3.8, 4) is 6.07 Å². The molecular formula is C8H15N3O2S. The Hall–Kier alpha value is -0.640. The molecule has 1 aliphatic heterocycles. The molecule has 80 valence electrons. The van der Waals surface area contributed by atoms with Crippen LogP contribution in [0.1, 0.15) is 25.7 Å². The zero-order valence-electron chi connectivity index (χ0n) is 8.07. The minimum Gasteiger partial charge on any atom is -0.197 e. The summed E-state index contributed by atoms with van der Waals surface area (Å²) in [4.78, 5) is 0. The molecule has 0 aliphatic carbocycles. The Kier molecular flexibility index (Phi) is 4.32. The van der Waals surface area contributed by atoms with Crippen LogP contribution < -0.4 is 4.72 Å². The summed E-state index contributed by atoms with van der Waals surface area (Å²) < 4.78 is 26.8. The Morgan fingerprint density at radius 3 is 2.29 bits per heavy atom. The number of nitrogens with one attached hydrogen (secondary N) is 1. The van der Waals surface area contributed by atoms with Gasteiger partial charge in [-0.05, 0) is 12.8 Å². The lowest BCUT2D eigenvalue weighted by molar-refractivity contribution is 0.417. The van der Waals surface area contributed by atoms with Crippen LogP contribution in [0.3, 0.4) is 0 Å². The summed E-state index contributed by atoms with van der Waals surface area (Å²) in [5.74, 6) is 0. The molecule has 1 heterocycles.